The summed E-state index contributed by atoms with van der Waals surface area (Å²) < 4.78 is 5.80. The Bertz CT molecular complexity index is 433. The molecule has 1 aliphatic heterocycles. The Morgan fingerprint density at radius 3 is 3.06 bits per heavy atom. The van der Waals surface area contributed by atoms with Gasteiger partial charge in [0.05, 0.1) is 16.0 Å². The largest absolute Gasteiger partial charge is 0.381 e. The minimum atomic E-state index is -0.377. The highest BCUT2D eigenvalue weighted by Crippen LogP contribution is 2.25. The van der Waals surface area contributed by atoms with Crippen LogP contribution in [0.15, 0.2) is 22.7 Å². The van der Waals surface area contributed by atoms with Gasteiger partial charge in [0.15, 0.2) is 0 Å². The van der Waals surface area contributed by atoms with Crippen molar-refractivity contribution in [2.24, 2.45) is 5.92 Å². The number of nitro benzene ring substituents is 1. The monoisotopic (exact) mass is 314 g/mol. The van der Waals surface area contributed by atoms with E-state index in [4.69, 9.17) is 4.74 Å². The molecule has 0 radical (unpaired) electrons. The summed E-state index contributed by atoms with van der Waals surface area (Å²) in [5.74, 6) is 0.565. The number of rotatable bonds is 5. The van der Waals surface area contributed by atoms with Crippen LogP contribution in [0.2, 0.25) is 0 Å². The van der Waals surface area contributed by atoms with Gasteiger partial charge in [-0.1, -0.05) is 6.07 Å². The van der Waals surface area contributed by atoms with Gasteiger partial charge in [0.1, 0.15) is 0 Å². The number of nitrogens with one attached hydrogen (secondary N) is 1. The Kier molecular flexibility index (Phi) is 4.68. The standard InChI is InChI=1S/C12H15BrN2O3/c13-11-2-1-9(5-12(11)15(16)17)6-14-7-10-3-4-18-8-10/h1-2,5,10,14H,3-4,6-8H2. The maximum Gasteiger partial charge on any atom is 0.283 e. The first-order valence-corrected chi connectivity index (χ1v) is 6.67. The average Bonchev–Trinajstić information content (AvgIpc) is 2.84. The average molecular weight is 315 g/mol. The number of ether oxygens (including phenoxy) is 1. The maximum atomic E-state index is 10.8. The fraction of sp³-hybridized carbons (Fsp3) is 0.500. The van der Waals surface area contributed by atoms with Gasteiger partial charge in [0.2, 0.25) is 0 Å². The maximum absolute atomic E-state index is 10.8. The zero-order valence-corrected chi connectivity index (χ0v) is 11.5. The summed E-state index contributed by atoms with van der Waals surface area (Å²) in [7, 11) is 0. The van der Waals surface area contributed by atoms with Crippen molar-refractivity contribution in [1.82, 2.24) is 5.32 Å². The van der Waals surface area contributed by atoms with Crippen molar-refractivity contribution in [3.8, 4) is 0 Å². The molecule has 0 bridgehead atoms. The van der Waals surface area contributed by atoms with E-state index in [-0.39, 0.29) is 10.6 Å². The molecule has 1 heterocycles. The van der Waals surface area contributed by atoms with Crippen molar-refractivity contribution in [2.45, 2.75) is 13.0 Å². The Morgan fingerprint density at radius 1 is 1.56 bits per heavy atom. The highest BCUT2D eigenvalue weighted by Gasteiger charge is 2.15. The van der Waals surface area contributed by atoms with Gasteiger partial charge in [-0.25, -0.2) is 0 Å². The molecule has 1 N–H and O–H groups in total. The second kappa shape index (κ2) is 6.26. The van der Waals surface area contributed by atoms with Crippen LogP contribution in [-0.4, -0.2) is 24.7 Å². The summed E-state index contributed by atoms with van der Waals surface area (Å²) in [6.45, 7) is 3.19. The van der Waals surface area contributed by atoms with Gasteiger partial charge in [0.25, 0.3) is 5.69 Å². The molecule has 1 fully saturated rings. The fourth-order valence-electron chi connectivity index (χ4n) is 1.97. The van der Waals surface area contributed by atoms with Crippen LogP contribution in [0, 0.1) is 16.0 Å². The van der Waals surface area contributed by atoms with Crippen LogP contribution in [0.3, 0.4) is 0 Å². The fourth-order valence-corrected chi connectivity index (χ4v) is 2.36. The van der Waals surface area contributed by atoms with E-state index in [2.05, 4.69) is 21.2 Å². The number of hydrogen-bond acceptors (Lipinski definition) is 4. The van der Waals surface area contributed by atoms with E-state index in [1.54, 1.807) is 12.1 Å². The van der Waals surface area contributed by atoms with Crippen LogP contribution >= 0.6 is 15.9 Å². The van der Waals surface area contributed by atoms with Crippen LogP contribution in [0.1, 0.15) is 12.0 Å². The third-order valence-electron chi connectivity index (χ3n) is 2.99. The van der Waals surface area contributed by atoms with Gasteiger partial charge in [-0.15, -0.1) is 0 Å². The first-order chi connectivity index (χ1) is 8.66. The lowest BCUT2D eigenvalue weighted by atomic mass is 10.1. The molecule has 1 aromatic rings. The lowest BCUT2D eigenvalue weighted by molar-refractivity contribution is -0.385. The summed E-state index contributed by atoms with van der Waals surface area (Å²) >= 11 is 3.17. The van der Waals surface area contributed by atoms with Gasteiger partial charge >= 0.3 is 0 Å². The Balaban J connectivity index is 1.88. The first-order valence-electron chi connectivity index (χ1n) is 5.88. The molecule has 6 heteroatoms. The molecule has 1 atom stereocenters. The molecule has 2 rings (SSSR count). The zero-order valence-electron chi connectivity index (χ0n) is 9.89. The lowest BCUT2D eigenvalue weighted by Crippen LogP contribution is -2.22. The molecule has 1 aromatic carbocycles. The Hall–Kier alpha value is -0.980. The van der Waals surface area contributed by atoms with Gasteiger partial charge in [-0.3, -0.25) is 10.1 Å². The van der Waals surface area contributed by atoms with Crippen LogP contribution in [0.5, 0.6) is 0 Å². The van der Waals surface area contributed by atoms with Gasteiger partial charge < -0.3 is 10.1 Å². The van der Waals surface area contributed by atoms with Crippen molar-refractivity contribution < 1.29 is 9.66 Å². The summed E-state index contributed by atoms with van der Waals surface area (Å²) in [5, 5.41) is 14.1. The predicted octanol–water partition coefficient (Wildman–Crippen LogP) is 2.48. The van der Waals surface area contributed by atoms with Crippen molar-refractivity contribution in [1.29, 1.82) is 0 Å². The van der Waals surface area contributed by atoms with Crippen molar-refractivity contribution in [2.75, 3.05) is 19.8 Å². The molecular weight excluding hydrogens is 300 g/mol. The Labute approximate surface area is 114 Å². The van der Waals surface area contributed by atoms with Gasteiger partial charge in [-0.05, 0) is 39.9 Å². The number of benzene rings is 1. The molecule has 1 saturated heterocycles. The molecule has 0 aliphatic carbocycles. The van der Waals surface area contributed by atoms with Crippen molar-refractivity contribution >= 4 is 21.6 Å². The van der Waals surface area contributed by atoms with Crippen molar-refractivity contribution in [3.63, 3.8) is 0 Å². The minimum absolute atomic E-state index is 0.110. The summed E-state index contributed by atoms with van der Waals surface area (Å²) in [6, 6.07) is 5.20. The molecular formula is C12H15BrN2O3. The SMILES string of the molecule is O=[N+]([O-])c1cc(CNCC2CCOC2)ccc1Br. The highest BCUT2D eigenvalue weighted by molar-refractivity contribution is 9.10. The Morgan fingerprint density at radius 2 is 2.39 bits per heavy atom. The quantitative estimate of drug-likeness (QED) is 0.670. The van der Waals surface area contributed by atoms with E-state index in [0.717, 1.165) is 31.7 Å². The third kappa shape index (κ3) is 3.51. The van der Waals surface area contributed by atoms with E-state index < -0.39 is 0 Å². The second-order valence-corrected chi connectivity index (χ2v) is 5.26. The number of hydrogen-bond donors (Lipinski definition) is 1. The molecule has 1 aliphatic rings. The molecule has 5 nitrogen and oxygen atoms in total. The van der Waals surface area contributed by atoms with E-state index in [0.29, 0.717) is 16.9 Å². The van der Waals surface area contributed by atoms with E-state index in [1.165, 1.54) is 0 Å². The topological polar surface area (TPSA) is 64.4 Å². The first kappa shape index (κ1) is 13.5. The normalized spacial score (nSPS) is 19.1. The lowest BCUT2D eigenvalue weighted by Gasteiger charge is -2.09. The van der Waals surface area contributed by atoms with Crippen molar-refractivity contribution in [3.05, 3.63) is 38.3 Å². The predicted molar refractivity (Wildman–Crippen MR) is 71.4 cm³/mol. The van der Waals surface area contributed by atoms with Gasteiger partial charge in [0, 0.05) is 25.8 Å². The smallest absolute Gasteiger partial charge is 0.283 e. The van der Waals surface area contributed by atoms with E-state index in [9.17, 15) is 10.1 Å². The molecule has 0 saturated carbocycles. The van der Waals surface area contributed by atoms with E-state index in [1.807, 2.05) is 6.07 Å². The van der Waals surface area contributed by atoms with Crippen LogP contribution < -0.4 is 5.32 Å². The van der Waals surface area contributed by atoms with Crippen LogP contribution in [0.25, 0.3) is 0 Å². The minimum Gasteiger partial charge on any atom is -0.381 e. The summed E-state index contributed by atoms with van der Waals surface area (Å²) in [6.07, 6.45) is 1.09. The van der Waals surface area contributed by atoms with Crippen LogP contribution in [0.4, 0.5) is 5.69 Å². The molecule has 0 amide bonds. The number of halogens is 1. The number of nitrogens with zero attached hydrogens (tertiary/aromatic N) is 1. The summed E-state index contributed by atoms with van der Waals surface area (Å²) in [4.78, 5) is 10.4. The molecule has 18 heavy (non-hydrogen) atoms. The van der Waals surface area contributed by atoms with E-state index >= 15 is 0 Å². The summed E-state index contributed by atoms with van der Waals surface area (Å²) in [5.41, 5.74) is 1.03. The highest BCUT2D eigenvalue weighted by atomic mass is 79.9. The molecule has 1 unspecified atom stereocenters. The van der Waals surface area contributed by atoms with Crippen LogP contribution in [-0.2, 0) is 11.3 Å². The molecule has 0 spiro atoms. The third-order valence-corrected chi connectivity index (χ3v) is 3.66. The second-order valence-electron chi connectivity index (χ2n) is 4.40. The molecule has 98 valence electrons. The van der Waals surface area contributed by atoms with Gasteiger partial charge in [-0.2, -0.15) is 0 Å². The number of nitro groups is 1. The molecule has 0 aromatic heterocycles. The zero-order chi connectivity index (χ0) is 13.0.